The van der Waals surface area contributed by atoms with Crippen molar-refractivity contribution < 1.29 is 26.7 Å². The van der Waals surface area contributed by atoms with E-state index in [0.29, 0.717) is 0 Å². The van der Waals surface area contributed by atoms with Crippen LogP contribution in [0.25, 0.3) is 0 Å². The Bertz CT molecular complexity index is 501. The average molecular weight is 247 g/mol. The van der Waals surface area contributed by atoms with Crippen LogP contribution in [0, 0.1) is 23.5 Å². The largest absolute Gasteiger partial charge is 0.479 e. The molecule has 0 amide bonds. The number of rotatable bonds is 3. The predicted octanol–water partition coefficient (Wildman–Crippen LogP) is 2.81. The lowest BCUT2D eigenvalue weighted by Crippen LogP contribution is -2.06. The van der Waals surface area contributed by atoms with E-state index in [2.05, 4.69) is 9.72 Å². The minimum atomic E-state index is -1.77. The number of hydrogen-bond donors (Lipinski definition) is 0. The van der Waals surface area contributed by atoms with Crippen molar-refractivity contribution in [2.75, 3.05) is 0 Å². The Morgan fingerprint density at radius 3 is 2.29 bits per heavy atom. The molecule has 0 aliphatic heterocycles. The lowest BCUT2D eigenvalue weighted by molar-refractivity contribution is 0.232. The zero-order valence-corrected chi connectivity index (χ0v) is 8.21. The van der Waals surface area contributed by atoms with E-state index in [-0.39, 0.29) is 12.4 Å². The van der Waals surface area contributed by atoms with Gasteiger partial charge in [0.25, 0.3) is 11.9 Å². The molecule has 0 saturated carbocycles. The first-order chi connectivity index (χ1) is 8.09. The molecule has 0 unspecified atom stereocenters. The standard InChI is InChI=1S/C10H5F4NO2/c11-6-8(7(12)10(14)15-9(6)13)17-4-5-2-1-3-16-5/h1-3H,4H2. The van der Waals surface area contributed by atoms with Gasteiger partial charge in [-0.1, -0.05) is 0 Å². The lowest BCUT2D eigenvalue weighted by atomic mass is 10.4. The van der Waals surface area contributed by atoms with E-state index in [0.717, 1.165) is 0 Å². The van der Waals surface area contributed by atoms with Gasteiger partial charge in [-0.05, 0) is 12.1 Å². The van der Waals surface area contributed by atoms with Crippen LogP contribution < -0.4 is 4.74 Å². The summed E-state index contributed by atoms with van der Waals surface area (Å²) < 4.78 is 61.0. The molecule has 2 aromatic heterocycles. The van der Waals surface area contributed by atoms with Crippen LogP contribution in [-0.4, -0.2) is 4.98 Å². The molecule has 0 aliphatic carbocycles. The SMILES string of the molecule is Fc1nc(F)c(F)c(OCc2ccco2)c1F. The number of furan rings is 1. The first kappa shape index (κ1) is 11.4. The molecule has 0 aliphatic rings. The van der Waals surface area contributed by atoms with E-state index in [9.17, 15) is 17.6 Å². The summed E-state index contributed by atoms with van der Waals surface area (Å²) in [6.45, 7) is -0.357. The van der Waals surface area contributed by atoms with E-state index in [1.54, 1.807) is 0 Å². The molecule has 2 heterocycles. The van der Waals surface area contributed by atoms with Gasteiger partial charge in [0.05, 0.1) is 6.26 Å². The highest BCUT2D eigenvalue weighted by Crippen LogP contribution is 2.25. The average Bonchev–Trinajstić information content (AvgIpc) is 2.79. The molecule has 0 spiro atoms. The molecule has 90 valence electrons. The maximum Gasteiger partial charge on any atom is 0.255 e. The summed E-state index contributed by atoms with van der Waals surface area (Å²) in [5, 5.41) is 0. The zero-order chi connectivity index (χ0) is 12.4. The third-order valence-electron chi connectivity index (χ3n) is 1.90. The minimum absolute atomic E-state index is 0.251. The molecule has 0 N–H and O–H groups in total. The predicted molar refractivity (Wildman–Crippen MR) is 47.1 cm³/mol. The topological polar surface area (TPSA) is 35.3 Å². The van der Waals surface area contributed by atoms with E-state index >= 15 is 0 Å². The molecule has 0 aromatic carbocycles. The monoisotopic (exact) mass is 247 g/mol. The summed E-state index contributed by atoms with van der Waals surface area (Å²) in [5.74, 6) is -7.81. The summed E-state index contributed by atoms with van der Waals surface area (Å²) in [7, 11) is 0. The normalized spacial score (nSPS) is 10.6. The van der Waals surface area contributed by atoms with Gasteiger partial charge >= 0.3 is 0 Å². The fraction of sp³-hybridized carbons (Fsp3) is 0.100. The van der Waals surface area contributed by atoms with Gasteiger partial charge in [-0.3, -0.25) is 0 Å². The van der Waals surface area contributed by atoms with Gasteiger partial charge in [0.15, 0.2) is 0 Å². The van der Waals surface area contributed by atoms with Gasteiger partial charge in [0, 0.05) is 0 Å². The highest BCUT2D eigenvalue weighted by molar-refractivity contribution is 5.24. The van der Waals surface area contributed by atoms with Crippen LogP contribution >= 0.6 is 0 Å². The fourth-order valence-corrected chi connectivity index (χ4v) is 1.13. The van der Waals surface area contributed by atoms with Crippen molar-refractivity contribution in [3.63, 3.8) is 0 Å². The minimum Gasteiger partial charge on any atom is -0.479 e. The molecule has 7 heteroatoms. The molecule has 0 bridgehead atoms. The first-order valence-corrected chi connectivity index (χ1v) is 4.44. The van der Waals surface area contributed by atoms with Crippen LogP contribution in [0.2, 0.25) is 0 Å². The molecular weight excluding hydrogens is 242 g/mol. The Kier molecular flexibility index (Phi) is 2.99. The molecule has 0 atom stereocenters. The summed E-state index contributed by atoms with van der Waals surface area (Å²) in [6, 6.07) is 3.00. The Balaban J connectivity index is 2.26. The molecule has 2 rings (SSSR count). The van der Waals surface area contributed by atoms with Gasteiger partial charge in [0.2, 0.25) is 17.4 Å². The summed E-state index contributed by atoms with van der Waals surface area (Å²) >= 11 is 0. The number of halogens is 4. The van der Waals surface area contributed by atoms with Crippen molar-refractivity contribution in [3.05, 3.63) is 47.7 Å². The van der Waals surface area contributed by atoms with Crippen molar-refractivity contribution >= 4 is 0 Å². The molecule has 0 saturated heterocycles. The Hall–Kier alpha value is -2.05. The van der Waals surface area contributed by atoms with Crippen molar-refractivity contribution in [1.82, 2.24) is 4.98 Å². The van der Waals surface area contributed by atoms with Crippen LogP contribution in [0.4, 0.5) is 17.6 Å². The maximum absolute atomic E-state index is 13.1. The van der Waals surface area contributed by atoms with Crippen molar-refractivity contribution in [3.8, 4) is 5.75 Å². The van der Waals surface area contributed by atoms with Gasteiger partial charge in [-0.15, -0.1) is 0 Å². The lowest BCUT2D eigenvalue weighted by Gasteiger charge is -2.07. The quantitative estimate of drug-likeness (QED) is 0.618. The van der Waals surface area contributed by atoms with Crippen LogP contribution in [-0.2, 0) is 6.61 Å². The first-order valence-electron chi connectivity index (χ1n) is 4.44. The Labute approximate surface area is 92.6 Å². The van der Waals surface area contributed by atoms with E-state index < -0.39 is 29.3 Å². The number of pyridine rings is 1. The number of nitrogens with zero attached hydrogens (tertiary/aromatic N) is 1. The third kappa shape index (κ3) is 2.22. The summed E-state index contributed by atoms with van der Waals surface area (Å²) in [6.07, 6.45) is 1.32. The second kappa shape index (κ2) is 4.44. The van der Waals surface area contributed by atoms with Crippen molar-refractivity contribution in [2.45, 2.75) is 6.61 Å². The molecular formula is C10H5F4NO2. The number of hydrogen-bond acceptors (Lipinski definition) is 3. The summed E-state index contributed by atoms with van der Waals surface area (Å²) in [4.78, 5) is 2.39. The molecule has 3 nitrogen and oxygen atoms in total. The van der Waals surface area contributed by atoms with Crippen LogP contribution in [0.15, 0.2) is 22.8 Å². The maximum atomic E-state index is 13.1. The number of aromatic nitrogens is 1. The molecule has 0 fully saturated rings. The van der Waals surface area contributed by atoms with E-state index in [1.807, 2.05) is 0 Å². The van der Waals surface area contributed by atoms with Gasteiger partial charge in [-0.2, -0.15) is 22.5 Å². The number of ether oxygens (including phenoxy) is 1. The van der Waals surface area contributed by atoms with Crippen LogP contribution in [0.5, 0.6) is 5.75 Å². The van der Waals surface area contributed by atoms with Crippen LogP contribution in [0.3, 0.4) is 0 Å². The van der Waals surface area contributed by atoms with Crippen molar-refractivity contribution in [1.29, 1.82) is 0 Å². The smallest absolute Gasteiger partial charge is 0.255 e. The fourth-order valence-electron chi connectivity index (χ4n) is 1.13. The van der Waals surface area contributed by atoms with Gasteiger partial charge in [-0.25, -0.2) is 0 Å². The second-order valence-electron chi connectivity index (χ2n) is 3.02. The Morgan fingerprint density at radius 1 is 1.12 bits per heavy atom. The third-order valence-corrected chi connectivity index (χ3v) is 1.90. The van der Waals surface area contributed by atoms with Crippen molar-refractivity contribution in [2.24, 2.45) is 0 Å². The van der Waals surface area contributed by atoms with E-state index in [4.69, 9.17) is 4.42 Å². The van der Waals surface area contributed by atoms with Crippen LogP contribution in [0.1, 0.15) is 5.76 Å². The highest BCUT2D eigenvalue weighted by Gasteiger charge is 2.22. The molecule has 0 radical (unpaired) electrons. The highest BCUT2D eigenvalue weighted by atomic mass is 19.2. The Morgan fingerprint density at radius 2 is 1.76 bits per heavy atom. The molecule has 17 heavy (non-hydrogen) atoms. The molecule has 2 aromatic rings. The summed E-state index contributed by atoms with van der Waals surface area (Å²) in [5.41, 5.74) is 0. The van der Waals surface area contributed by atoms with Gasteiger partial charge < -0.3 is 9.15 Å². The van der Waals surface area contributed by atoms with Gasteiger partial charge in [0.1, 0.15) is 12.4 Å². The zero-order valence-electron chi connectivity index (χ0n) is 8.21. The second-order valence-corrected chi connectivity index (χ2v) is 3.02. The van der Waals surface area contributed by atoms with E-state index in [1.165, 1.54) is 18.4 Å².